The smallest absolute Gasteiger partial charge is 0.254 e. The summed E-state index contributed by atoms with van der Waals surface area (Å²) in [5.74, 6) is 2.04. The van der Waals surface area contributed by atoms with E-state index in [4.69, 9.17) is 4.74 Å². The van der Waals surface area contributed by atoms with Crippen LogP contribution in [0.25, 0.3) is 0 Å². The molecule has 130 valence electrons. The van der Waals surface area contributed by atoms with Crippen molar-refractivity contribution in [1.82, 2.24) is 4.57 Å². The van der Waals surface area contributed by atoms with Crippen LogP contribution in [0.5, 0.6) is 0 Å². The van der Waals surface area contributed by atoms with E-state index in [-0.39, 0.29) is 17.4 Å². The van der Waals surface area contributed by atoms with Gasteiger partial charge >= 0.3 is 0 Å². The number of fused-ring (bicyclic) bond motifs is 1. The van der Waals surface area contributed by atoms with Gasteiger partial charge in [-0.1, -0.05) is 6.07 Å². The maximum atomic E-state index is 12.5. The predicted molar refractivity (Wildman–Crippen MR) is 92.2 cm³/mol. The van der Waals surface area contributed by atoms with E-state index in [0.717, 1.165) is 30.4 Å². The number of aryl methyl sites for hydroxylation is 2. The van der Waals surface area contributed by atoms with Crippen LogP contribution in [0.3, 0.4) is 0 Å². The molecule has 1 aromatic rings. The van der Waals surface area contributed by atoms with E-state index in [1.54, 1.807) is 4.57 Å². The highest BCUT2D eigenvalue weighted by atomic mass is 16.5. The molecule has 0 saturated heterocycles. The molecule has 0 bridgehead atoms. The number of rotatable bonds is 4. The topological polar surface area (TPSA) is 48.3 Å². The van der Waals surface area contributed by atoms with Crippen molar-refractivity contribution < 1.29 is 9.53 Å². The molecule has 4 rings (SSSR count). The molecule has 2 fully saturated rings. The number of hydrogen-bond acceptors (Lipinski definition) is 3. The van der Waals surface area contributed by atoms with Gasteiger partial charge in [0.2, 0.25) is 0 Å². The average Bonchev–Trinajstić information content (AvgIpc) is 3.43. The van der Waals surface area contributed by atoms with E-state index in [0.29, 0.717) is 25.0 Å². The fourth-order valence-corrected chi connectivity index (χ4v) is 4.49. The largest absolute Gasteiger partial charge is 0.376 e. The van der Waals surface area contributed by atoms with Crippen LogP contribution in [-0.4, -0.2) is 23.1 Å². The van der Waals surface area contributed by atoms with E-state index in [2.05, 4.69) is 0 Å². The summed E-state index contributed by atoms with van der Waals surface area (Å²) >= 11 is 0. The van der Waals surface area contributed by atoms with Crippen LogP contribution < -0.4 is 5.56 Å². The summed E-state index contributed by atoms with van der Waals surface area (Å²) in [6.45, 7) is 2.17. The van der Waals surface area contributed by atoms with Crippen molar-refractivity contribution in [1.29, 1.82) is 0 Å². The molecule has 4 heteroatoms. The van der Waals surface area contributed by atoms with E-state index in [9.17, 15) is 9.59 Å². The first-order valence-corrected chi connectivity index (χ1v) is 9.49. The summed E-state index contributed by atoms with van der Waals surface area (Å²) in [5, 5.41) is 0. The number of Topliss-reactive ketones (excluding diaryl/α,β-unsaturated/α-hetero) is 1. The lowest BCUT2D eigenvalue weighted by atomic mass is 9.84. The van der Waals surface area contributed by atoms with Crippen molar-refractivity contribution >= 4 is 5.78 Å². The highest BCUT2D eigenvalue weighted by Crippen LogP contribution is 2.44. The zero-order valence-corrected chi connectivity index (χ0v) is 14.5. The Kier molecular flexibility index (Phi) is 4.33. The SMILES string of the molecule is Cc1ccc2n(c1=O)C(COC1CCC(C3CC3)CC1)C(=O)CC2. The molecule has 0 spiro atoms. The van der Waals surface area contributed by atoms with Crippen molar-refractivity contribution in [2.45, 2.75) is 70.4 Å². The highest BCUT2D eigenvalue weighted by molar-refractivity contribution is 5.84. The number of carbonyl (C=O) groups excluding carboxylic acids is 1. The van der Waals surface area contributed by atoms with Gasteiger partial charge in [0.15, 0.2) is 5.78 Å². The van der Waals surface area contributed by atoms with Crippen LogP contribution in [0, 0.1) is 18.8 Å². The van der Waals surface area contributed by atoms with Gasteiger partial charge in [-0.15, -0.1) is 0 Å². The van der Waals surface area contributed by atoms with Gasteiger partial charge in [-0.25, -0.2) is 0 Å². The first-order chi connectivity index (χ1) is 11.6. The molecule has 1 atom stereocenters. The van der Waals surface area contributed by atoms with Gasteiger partial charge in [0.05, 0.1) is 12.7 Å². The second-order valence-electron chi connectivity index (χ2n) is 7.87. The molecule has 2 aliphatic carbocycles. The van der Waals surface area contributed by atoms with Crippen LogP contribution >= 0.6 is 0 Å². The van der Waals surface area contributed by atoms with E-state index >= 15 is 0 Å². The molecular formula is C20H27NO3. The second-order valence-corrected chi connectivity index (χ2v) is 7.87. The molecule has 2 heterocycles. The third kappa shape index (κ3) is 3.08. The number of ketones is 1. The summed E-state index contributed by atoms with van der Waals surface area (Å²) in [5.41, 5.74) is 1.63. The van der Waals surface area contributed by atoms with Crippen molar-refractivity contribution in [2.24, 2.45) is 11.8 Å². The quantitative estimate of drug-likeness (QED) is 0.852. The summed E-state index contributed by atoms with van der Waals surface area (Å²) in [7, 11) is 0. The van der Waals surface area contributed by atoms with Crippen molar-refractivity contribution in [3.63, 3.8) is 0 Å². The molecule has 0 aromatic carbocycles. The van der Waals surface area contributed by atoms with Gasteiger partial charge in [-0.2, -0.15) is 0 Å². The van der Waals surface area contributed by atoms with Gasteiger partial charge < -0.3 is 4.74 Å². The molecular weight excluding hydrogens is 302 g/mol. The molecule has 0 N–H and O–H groups in total. The number of pyridine rings is 1. The zero-order chi connectivity index (χ0) is 16.7. The Morgan fingerprint density at radius 3 is 2.33 bits per heavy atom. The van der Waals surface area contributed by atoms with Crippen LogP contribution in [0.15, 0.2) is 16.9 Å². The Morgan fingerprint density at radius 2 is 1.67 bits per heavy atom. The number of aromatic nitrogens is 1. The maximum Gasteiger partial charge on any atom is 0.254 e. The molecule has 0 amide bonds. The molecule has 1 unspecified atom stereocenters. The average molecular weight is 329 g/mol. The molecule has 4 nitrogen and oxygen atoms in total. The minimum Gasteiger partial charge on any atom is -0.376 e. The molecule has 1 aliphatic heterocycles. The Labute approximate surface area is 143 Å². The van der Waals surface area contributed by atoms with Crippen LogP contribution in [0.1, 0.15) is 62.2 Å². The Bertz CT molecular complexity index is 681. The summed E-state index contributed by atoms with van der Waals surface area (Å²) in [6, 6.07) is 3.42. The number of carbonyl (C=O) groups is 1. The van der Waals surface area contributed by atoms with Crippen LogP contribution in [0.4, 0.5) is 0 Å². The molecule has 1 aromatic heterocycles. The Hall–Kier alpha value is -1.42. The lowest BCUT2D eigenvalue weighted by Crippen LogP contribution is -2.40. The van der Waals surface area contributed by atoms with E-state index in [1.807, 2.05) is 19.1 Å². The minimum atomic E-state index is -0.428. The summed E-state index contributed by atoms with van der Waals surface area (Å²) in [4.78, 5) is 24.9. The van der Waals surface area contributed by atoms with Gasteiger partial charge in [-0.3, -0.25) is 14.2 Å². The Morgan fingerprint density at radius 1 is 1.00 bits per heavy atom. The lowest BCUT2D eigenvalue weighted by molar-refractivity contribution is -0.126. The van der Waals surface area contributed by atoms with Gasteiger partial charge in [-0.05, 0) is 69.8 Å². The van der Waals surface area contributed by atoms with Crippen LogP contribution in [-0.2, 0) is 16.0 Å². The summed E-state index contributed by atoms with van der Waals surface area (Å²) in [6.07, 6.45) is 9.04. The third-order valence-corrected chi connectivity index (χ3v) is 6.20. The number of hydrogen-bond donors (Lipinski definition) is 0. The minimum absolute atomic E-state index is 0.0356. The fourth-order valence-electron chi connectivity index (χ4n) is 4.49. The van der Waals surface area contributed by atoms with E-state index < -0.39 is 6.04 Å². The van der Waals surface area contributed by atoms with Gasteiger partial charge in [0.25, 0.3) is 5.56 Å². The first-order valence-electron chi connectivity index (χ1n) is 9.49. The lowest BCUT2D eigenvalue weighted by Gasteiger charge is -2.32. The molecule has 3 aliphatic rings. The maximum absolute atomic E-state index is 12.5. The van der Waals surface area contributed by atoms with E-state index in [1.165, 1.54) is 25.7 Å². The monoisotopic (exact) mass is 329 g/mol. The highest BCUT2D eigenvalue weighted by Gasteiger charge is 2.35. The van der Waals surface area contributed by atoms with Gasteiger partial charge in [0, 0.05) is 17.7 Å². The molecule has 2 saturated carbocycles. The van der Waals surface area contributed by atoms with Crippen molar-refractivity contribution in [3.8, 4) is 0 Å². The van der Waals surface area contributed by atoms with Gasteiger partial charge in [0.1, 0.15) is 6.04 Å². The van der Waals surface area contributed by atoms with Crippen molar-refractivity contribution in [3.05, 3.63) is 33.7 Å². The number of nitrogens with zero attached hydrogens (tertiary/aromatic N) is 1. The third-order valence-electron chi connectivity index (χ3n) is 6.20. The van der Waals surface area contributed by atoms with Crippen molar-refractivity contribution in [2.75, 3.05) is 6.61 Å². The Balaban J connectivity index is 1.42. The summed E-state index contributed by atoms with van der Waals surface area (Å²) < 4.78 is 7.80. The number of ether oxygens (including phenoxy) is 1. The fraction of sp³-hybridized carbons (Fsp3) is 0.700. The normalized spacial score (nSPS) is 30.2. The first kappa shape index (κ1) is 16.1. The second kappa shape index (κ2) is 6.47. The molecule has 0 radical (unpaired) electrons. The van der Waals surface area contributed by atoms with Crippen LogP contribution in [0.2, 0.25) is 0 Å². The zero-order valence-electron chi connectivity index (χ0n) is 14.5. The molecule has 24 heavy (non-hydrogen) atoms. The standard InChI is InChI=1S/C20H27NO3/c1-13-2-7-16-8-11-19(22)18(21(16)20(13)23)12-24-17-9-5-15(6-10-17)14-3-4-14/h2,7,14-15,17-18H,3-6,8-12H2,1H3. The predicted octanol–water partition coefficient (Wildman–Crippen LogP) is 3.20.